The summed E-state index contributed by atoms with van der Waals surface area (Å²) in [6, 6.07) is 12.5. The molecule has 1 amide bonds. The van der Waals surface area contributed by atoms with E-state index in [9.17, 15) is 4.79 Å². The topological polar surface area (TPSA) is 73.1 Å². The van der Waals surface area contributed by atoms with Gasteiger partial charge in [0.1, 0.15) is 23.9 Å². The zero-order chi connectivity index (χ0) is 22.5. The summed E-state index contributed by atoms with van der Waals surface area (Å²) in [5, 5.41) is 4.32. The smallest absolute Gasteiger partial charge is 0.244 e. The fourth-order valence-electron chi connectivity index (χ4n) is 4.27. The standard InChI is InChI=1S/C25H31N5O2/c1-4-32-23-10-7-20(8-11-23)14-21-9-12-24(26-15-21)22-6-5-13-29(16-22)25(31)17-30-19(3)27-18(2)28-30/h7-12,15,22H,4-6,13-14,16-17H2,1-3H3/t22-/m1/s1. The number of piperidine rings is 1. The molecule has 7 nitrogen and oxygen atoms in total. The van der Waals surface area contributed by atoms with Gasteiger partial charge in [-0.2, -0.15) is 5.10 Å². The van der Waals surface area contributed by atoms with E-state index in [4.69, 9.17) is 9.72 Å². The molecular formula is C25H31N5O2. The van der Waals surface area contributed by atoms with E-state index < -0.39 is 0 Å². The molecule has 0 aliphatic carbocycles. The molecule has 1 aliphatic rings. The van der Waals surface area contributed by atoms with Crippen molar-refractivity contribution in [1.82, 2.24) is 24.6 Å². The predicted molar refractivity (Wildman–Crippen MR) is 123 cm³/mol. The highest BCUT2D eigenvalue weighted by Crippen LogP contribution is 2.26. The van der Waals surface area contributed by atoms with E-state index in [0.717, 1.165) is 43.1 Å². The second kappa shape index (κ2) is 9.94. The van der Waals surface area contributed by atoms with E-state index in [1.54, 1.807) is 4.68 Å². The first-order valence-electron chi connectivity index (χ1n) is 11.3. The van der Waals surface area contributed by atoms with E-state index in [2.05, 4.69) is 34.3 Å². The molecule has 2 aromatic heterocycles. The summed E-state index contributed by atoms with van der Waals surface area (Å²) < 4.78 is 7.20. The Labute approximate surface area is 189 Å². The van der Waals surface area contributed by atoms with E-state index in [0.29, 0.717) is 19.0 Å². The molecule has 3 heterocycles. The van der Waals surface area contributed by atoms with Crippen molar-refractivity contribution in [3.05, 3.63) is 71.1 Å². The monoisotopic (exact) mass is 433 g/mol. The molecule has 168 valence electrons. The summed E-state index contributed by atoms with van der Waals surface area (Å²) in [4.78, 5) is 23.8. The number of rotatable bonds is 7. The molecule has 1 aliphatic heterocycles. The normalized spacial score (nSPS) is 16.2. The Morgan fingerprint density at radius 1 is 1.12 bits per heavy atom. The Hall–Kier alpha value is -3.22. The van der Waals surface area contributed by atoms with Gasteiger partial charge in [-0.15, -0.1) is 0 Å². The summed E-state index contributed by atoms with van der Waals surface area (Å²) in [5.74, 6) is 2.73. The largest absolute Gasteiger partial charge is 0.494 e. The first-order valence-corrected chi connectivity index (χ1v) is 11.3. The number of ether oxygens (including phenoxy) is 1. The molecule has 0 saturated carbocycles. The number of carbonyl (C=O) groups is 1. The van der Waals surface area contributed by atoms with Crippen LogP contribution >= 0.6 is 0 Å². The molecule has 0 N–H and O–H groups in total. The van der Waals surface area contributed by atoms with E-state index in [1.165, 1.54) is 11.1 Å². The maximum absolute atomic E-state index is 12.8. The number of pyridine rings is 1. The predicted octanol–water partition coefficient (Wildman–Crippen LogP) is 3.69. The molecule has 32 heavy (non-hydrogen) atoms. The summed E-state index contributed by atoms with van der Waals surface area (Å²) >= 11 is 0. The number of aryl methyl sites for hydroxylation is 2. The molecule has 1 saturated heterocycles. The van der Waals surface area contributed by atoms with E-state index in [1.807, 2.05) is 44.0 Å². The molecule has 1 aromatic carbocycles. The van der Waals surface area contributed by atoms with Gasteiger partial charge in [-0.1, -0.05) is 18.2 Å². The lowest BCUT2D eigenvalue weighted by Crippen LogP contribution is -2.41. The molecular weight excluding hydrogens is 402 g/mol. The quantitative estimate of drug-likeness (QED) is 0.568. The van der Waals surface area contributed by atoms with Crippen LogP contribution in [-0.4, -0.2) is 50.3 Å². The van der Waals surface area contributed by atoms with Crippen molar-refractivity contribution in [3.8, 4) is 5.75 Å². The fraction of sp³-hybridized carbons (Fsp3) is 0.440. The van der Waals surface area contributed by atoms with Crippen LogP contribution in [0.1, 0.15) is 54.2 Å². The molecule has 4 rings (SSSR count). The number of benzene rings is 1. The summed E-state index contributed by atoms with van der Waals surface area (Å²) in [6.07, 6.45) is 4.84. The van der Waals surface area contributed by atoms with Crippen LogP contribution in [0, 0.1) is 13.8 Å². The zero-order valence-corrected chi connectivity index (χ0v) is 19.1. The second-order valence-corrected chi connectivity index (χ2v) is 8.39. The SMILES string of the molecule is CCOc1ccc(Cc2ccc([C@@H]3CCCN(C(=O)Cn4nc(C)nc4C)C3)nc2)cc1. The number of amides is 1. The van der Waals surface area contributed by atoms with Crippen LogP contribution in [-0.2, 0) is 17.8 Å². The summed E-state index contributed by atoms with van der Waals surface area (Å²) in [6.45, 7) is 8.12. The molecule has 1 atom stereocenters. The number of nitrogens with zero attached hydrogens (tertiary/aromatic N) is 5. The third kappa shape index (κ3) is 5.33. The molecule has 0 unspecified atom stereocenters. The molecule has 0 bridgehead atoms. The summed E-state index contributed by atoms with van der Waals surface area (Å²) in [7, 11) is 0. The van der Waals surface area contributed by atoms with E-state index >= 15 is 0 Å². The van der Waals surface area contributed by atoms with Crippen molar-refractivity contribution >= 4 is 5.91 Å². The van der Waals surface area contributed by atoms with Crippen LogP contribution in [0.3, 0.4) is 0 Å². The number of hydrogen-bond donors (Lipinski definition) is 0. The van der Waals surface area contributed by atoms with Gasteiger partial charge >= 0.3 is 0 Å². The lowest BCUT2D eigenvalue weighted by atomic mass is 9.93. The Balaban J connectivity index is 1.36. The first-order chi connectivity index (χ1) is 15.5. The van der Waals surface area contributed by atoms with Crippen LogP contribution in [0.5, 0.6) is 5.75 Å². The van der Waals surface area contributed by atoms with Crippen molar-refractivity contribution in [3.63, 3.8) is 0 Å². The van der Waals surface area contributed by atoms with E-state index in [-0.39, 0.29) is 18.4 Å². The van der Waals surface area contributed by atoms with Gasteiger partial charge in [0.2, 0.25) is 5.91 Å². The van der Waals surface area contributed by atoms with Crippen LogP contribution in [0.4, 0.5) is 0 Å². The Kier molecular flexibility index (Phi) is 6.83. The van der Waals surface area contributed by atoms with Gasteiger partial charge in [-0.05, 0) is 69.4 Å². The molecule has 0 spiro atoms. The molecule has 7 heteroatoms. The lowest BCUT2D eigenvalue weighted by molar-refractivity contribution is -0.133. The average Bonchev–Trinajstić information content (AvgIpc) is 3.12. The first kappa shape index (κ1) is 22.0. The highest BCUT2D eigenvalue weighted by molar-refractivity contribution is 5.76. The maximum Gasteiger partial charge on any atom is 0.244 e. The number of carbonyl (C=O) groups excluding carboxylic acids is 1. The Morgan fingerprint density at radius 3 is 2.56 bits per heavy atom. The van der Waals surface area contributed by atoms with Crippen LogP contribution < -0.4 is 4.74 Å². The van der Waals surface area contributed by atoms with Crippen molar-refractivity contribution in [2.24, 2.45) is 0 Å². The van der Waals surface area contributed by atoms with Gasteiger partial charge in [0.15, 0.2) is 0 Å². The van der Waals surface area contributed by atoms with Gasteiger partial charge < -0.3 is 9.64 Å². The van der Waals surface area contributed by atoms with Crippen molar-refractivity contribution < 1.29 is 9.53 Å². The van der Waals surface area contributed by atoms with Crippen molar-refractivity contribution in [2.45, 2.75) is 52.5 Å². The van der Waals surface area contributed by atoms with Crippen molar-refractivity contribution in [2.75, 3.05) is 19.7 Å². The minimum Gasteiger partial charge on any atom is -0.494 e. The highest BCUT2D eigenvalue weighted by atomic mass is 16.5. The molecule has 1 fully saturated rings. The van der Waals surface area contributed by atoms with Gasteiger partial charge in [0, 0.05) is 30.9 Å². The third-order valence-corrected chi connectivity index (χ3v) is 5.93. The molecule has 0 radical (unpaired) electrons. The summed E-state index contributed by atoms with van der Waals surface area (Å²) in [5.41, 5.74) is 3.47. The fourth-order valence-corrected chi connectivity index (χ4v) is 4.27. The maximum atomic E-state index is 12.8. The molecule has 3 aromatic rings. The highest BCUT2D eigenvalue weighted by Gasteiger charge is 2.26. The van der Waals surface area contributed by atoms with Crippen molar-refractivity contribution in [1.29, 1.82) is 0 Å². The lowest BCUT2D eigenvalue weighted by Gasteiger charge is -2.32. The van der Waals surface area contributed by atoms with Gasteiger partial charge in [-0.25, -0.2) is 9.67 Å². The van der Waals surface area contributed by atoms with Gasteiger partial charge in [0.25, 0.3) is 0 Å². The van der Waals surface area contributed by atoms with Gasteiger partial charge in [0.05, 0.1) is 6.61 Å². The van der Waals surface area contributed by atoms with Gasteiger partial charge in [-0.3, -0.25) is 9.78 Å². The minimum absolute atomic E-state index is 0.0924. The second-order valence-electron chi connectivity index (χ2n) is 8.39. The zero-order valence-electron chi connectivity index (χ0n) is 19.1. The third-order valence-electron chi connectivity index (χ3n) is 5.93. The number of likely N-dealkylation sites (tertiary alicyclic amines) is 1. The van der Waals surface area contributed by atoms with Crippen LogP contribution in [0.15, 0.2) is 42.6 Å². The number of hydrogen-bond acceptors (Lipinski definition) is 5. The Morgan fingerprint density at radius 2 is 1.91 bits per heavy atom. The average molecular weight is 434 g/mol. The Bertz CT molecular complexity index is 1040. The number of aromatic nitrogens is 4. The minimum atomic E-state index is 0.0924. The van der Waals surface area contributed by atoms with Crippen LogP contribution in [0.25, 0.3) is 0 Å². The van der Waals surface area contributed by atoms with Crippen LogP contribution in [0.2, 0.25) is 0 Å².